The zero-order valence-electron chi connectivity index (χ0n) is 11.1. The van der Waals surface area contributed by atoms with Crippen LogP contribution in [-0.2, 0) is 4.74 Å². The SMILES string of the molecule is CCCN1CCOC(c2ccccc2)C(CO)C1. The van der Waals surface area contributed by atoms with Gasteiger partial charge in [-0.15, -0.1) is 0 Å². The van der Waals surface area contributed by atoms with E-state index in [1.54, 1.807) is 0 Å². The lowest BCUT2D eigenvalue weighted by atomic mass is 9.96. The van der Waals surface area contributed by atoms with E-state index < -0.39 is 0 Å². The fourth-order valence-electron chi connectivity index (χ4n) is 2.65. The van der Waals surface area contributed by atoms with E-state index in [0.717, 1.165) is 32.7 Å². The number of hydrogen-bond donors (Lipinski definition) is 1. The summed E-state index contributed by atoms with van der Waals surface area (Å²) in [6, 6.07) is 10.2. The third-order valence-electron chi connectivity index (χ3n) is 3.53. The highest BCUT2D eigenvalue weighted by Crippen LogP contribution is 2.28. The molecule has 3 heteroatoms. The summed E-state index contributed by atoms with van der Waals surface area (Å²) in [6.45, 7) is 6.09. The van der Waals surface area contributed by atoms with Crippen LogP contribution in [0.1, 0.15) is 25.0 Å². The molecule has 0 radical (unpaired) electrons. The van der Waals surface area contributed by atoms with Crippen molar-refractivity contribution in [3.63, 3.8) is 0 Å². The van der Waals surface area contributed by atoms with E-state index in [4.69, 9.17) is 4.74 Å². The molecule has 0 amide bonds. The van der Waals surface area contributed by atoms with Gasteiger partial charge in [0.05, 0.1) is 12.7 Å². The standard InChI is InChI=1S/C15H23NO2/c1-2-8-16-9-10-18-15(14(11-16)12-17)13-6-4-3-5-7-13/h3-7,14-15,17H,2,8-12H2,1H3. The second-order valence-electron chi connectivity index (χ2n) is 4.95. The van der Waals surface area contributed by atoms with E-state index in [2.05, 4.69) is 24.0 Å². The molecule has 1 heterocycles. The number of benzene rings is 1. The molecule has 1 aromatic carbocycles. The molecule has 100 valence electrons. The molecular formula is C15H23NO2. The fourth-order valence-corrected chi connectivity index (χ4v) is 2.65. The third kappa shape index (κ3) is 3.31. The van der Waals surface area contributed by atoms with Gasteiger partial charge in [-0.2, -0.15) is 0 Å². The molecule has 1 N–H and O–H groups in total. The van der Waals surface area contributed by atoms with Crippen LogP contribution in [0.25, 0.3) is 0 Å². The molecule has 1 fully saturated rings. The monoisotopic (exact) mass is 249 g/mol. The number of aliphatic hydroxyl groups excluding tert-OH is 1. The van der Waals surface area contributed by atoms with Gasteiger partial charge in [0.2, 0.25) is 0 Å². The van der Waals surface area contributed by atoms with E-state index in [0.29, 0.717) is 0 Å². The second kappa shape index (κ2) is 6.88. The van der Waals surface area contributed by atoms with Gasteiger partial charge >= 0.3 is 0 Å². The van der Waals surface area contributed by atoms with Crippen molar-refractivity contribution in [1.82, 2.24) is 4.90 Å². The minimum atomic E-state index is 0.0260. The quantitative estimate of drug-likeness (QED) is 0.887. The zero-order valence-corrected chi connectivity index (χ0v) is 11.1. The van der Waals surface area contributed by atoms with Gasteiger partial charge in [0.25, 0.3) is 0 Å². The van der Waals surface area contributed by atoms with E-state index >= 15 is 0 Å². The first-order chi connectivity index (χ1) is 8.85. The van der Waals surface area contributed by atoms with E-state index in [9.17, 15) is 5.11 Å². The van der Waals surface area contributed by atoms with Gasteiger partial charge in [0.1, 0.15) is 0 Å². The Morgan fingerprint density at radius 2 is 2.11 bits per heavy atom. The van der Waals surface area contributed by atoms with Crippen molar-refractivity contribution < 1.29 is 9.84 Å². The Balaban J connectivity index is 2.10. The summed E-state index contributed by atoms with van der Waals surface area (Å²) in [7, 11) is 0. The maximum Gasteiger partial charge on any atom is 0.0887 e. The minimum Gasteiger partial charge on any atom is -0.396 e. The Hall–Kier alpha value is -0.900. The maximum absolute atomic E-state index is 9.63. The van der Waals surface area contributed by atoms with Crippen LogP contribution in [0.4, 0.5) is 0 Å². The van der Waals surface area contributed by atoms with Gasteiger partial charge in [-0.05, 0) is 18.5 Å². The van der Waals surface area contributed by atoms with Crippen LogP contribution in [-0.4, -0.2) is 42.9 Å². The molecule has 0 bridgehead atoms. The molecule has 18 heavy (non-hydrogen) atoms. The summed E-state index contributed by atoms with van der Waals surface area (Å²) in [5, 5.41) is 9.63. The van der Waals surface area contributed by atoms with Crippen molar-refractivity contribution in [3.8, 4) is 0 Å². The highest BCUT2D eigenvalue weighted by atomic mass is 16.5. The zero-order chi connectivity index (χ0) is 12.8. The number of rotatable bonds is 4. The molecule has 1 aliphatic heterocycles. The Kier molecular flexibility index (Phi) is 5.17. The largest absolute Gasteiger partial charge is 0.396 e. The lowest BCUT2D eigenvalue weighted by Crippen LogP contribution is -2.32. The molecule has 0 saturated carbocycles. The normalized spacial score (nSPS) is 25.9. The highest BCUT2D eigenvalue weighted by Gasteiger charge is 2.28. The molecule has 2 atom stereocenters. The smallest absolute Gasteiger partial charge is 0.0887 e. The molecular weight excluding hydrogens is 226 g/mol. The van der Waals surface area contributed by atoms with Crippen LogP contribution in [0.5, 0.6) is 0 Å². The topological polar surface area (TPSA) is 32.7 Å². The molecule has 2 rings (SSSR count). The van der Waals surface area contributed by atoms with Gasteiger partial charge in [0.15, 0.2) is 0 Å². The molecule has 1 aromatic rings. The van der Waals surface area contributed by atoms with E-state index in [-0.39, 0.29) is 18.6 Å². The van der Waals surface area contributed by atoms with Crippen molar-refractivity contribution >= 4 is 0 Å². The predicted octanol–water partition coefficient (Wildman–Crippen LogP) is 2.08. The number of hydrogen-bond acceptors (Lipinski definition) is 3. The third-order valence-corrected chi connectivity index (χ3v) is 3.53. The average molecular weight is 249 g/mol. The molecule has 2 unspecified atom stereocenters. The number of nitrogens with zero attached hydrogens (tertiary/aromatic N) is 1. The van der Waals surface area contributed by atoms with Gasteiger partial charge in [-0.25, -0.2) is 0 Å². The van der Waals surface area contributed by atoms with Crippen LogP contribution in [0.2, 0.25) is 0 Å². The molecule has 1 saturated heterocycles. The van der Waals surface area contributed by atoms with Crippen LogP contribution in [0, 0.1) is 5.92 Å². The number of ether oxygens (including phenoxy) is 1. The Labute approximate surface area is 109 Å². The lowest BCUT2D eigenvalue weighted by Gasteiger charge is -2.26. The average Bonchev–Trinajstić information content (AvgIpc) is 2.62. The van der Waals surface area contributed by atoms with Crippen molar-refractivity contribution in [2.24, 2.45) is 5.92 Å². The van der Waals surface area contributed by atoms with Crippen molar-refractivity contribution in [2.75, 3.05) is 32.8 Å². The summed E-state index contributed by atoms with van der Waals surface area (Å²) < 4.78 is 5.97. The maximum atomic E-state index is 9.63. The summed E-state index contributed by atoms with van der Waals surface area (Å²) in [5.41, 5.74) is 1.18. The summed E-state index contributed by atoms with van der Waals surface area (Å²) in [6.07, 6.45) is 1.17. The first-order valence-electron chi connectivity index (χ1n) is 6.85. The first-order valence-corrected chi connectivity index (χ1v) is 6.85. The molecule has 0 spiro atoms. The second-order valence-corrected chi connectivity index (χ2v) is 4.95. The summed E-state index contributed by atoms with van der Waals surface area (Å²) in [5.74, 6) is 0.168. The van der Waals surface area contributed by atoms with Gasteiger partial charge in [-0.3, -0.25) is 0 Å². The van der Waals surface area contributed by atoms with E-state index in [1.807, 2.05) is 18.2 Å². The van der Waals surface area contributed by atoms with Gasteiger partial charge < -0.3 is 14.7 Å². The molecule has 0 aliphatic carbocycles. The number of aliphatic hydroxyl groups is 1. The first kappa shape index (κ1) is 13.5. The summed E-state index contributed by atoms with van der Waals surface area (Å²) >= 11 is 0. The van der Waals surface area contributed by atoms with E-state index in [1.165, 1.54) is 5.56 Å². The van der Waals surface area contributed by atoms with Crippen molar-refractivity contribution in [2.45, 2.75) is 19.4 Å². The van der Waals surface area contributed by atoms with Crippen LogP contribution in [0.15, 0.2) is 30.3 Å². The summed E-state index contributed by atoms with van der Waals surface area (Å²) in [4.78, 5) is 2.39. The predicted molar refractivity (Wildman–Crippen MR) is 72.4 cm³/mol. The van der Waals surface area contributed by atoms with Crippen molar-refractivity contribution in [3.05, 3.63) is 35.9 Å². The molecule has 1 aliphatic rings. The Bertz CT molecular complexity index is 342. The molecule has 3 nitrogen and oxygen atoms in total. The van der Waals surface area contributed by atoms with Crippen molar-refractivity contribution in [1.29, 1.82) is 0 Å². The Morgan fingerprint density at radius 1 is 1.33 bits per heavy atom. The minimum absolute atomic E-state index is 0.0260. The van der Waals surface area contributed by atoms with Gasteiger partial charge in [-0.1, -0.05) is 37.3 Å². The van der Waals surface area contributed by atoms with Crippen LogP contribution in [0.3, 0.4) is 0 Å². The fraction of sp³-hybridized carbons (Fsp3) is 0.600. The Morgan fingerprint density at radius 3 is 2.78 bits per heavy atom. The lowest BCUT2D eigenvalue weighted by molar-refractivity contribution is 0.0113. The van der Waals surface area contributed by atoms with Gasteiger partial charge in [0, 0.05) is 25.6 Å². The van der Waals surface area contributed by atoms with Crippen LogP contribution < -0.4 is 0 Å². The highest BCUT2D eigenvalue weighted by molar-refractivity contribution is 5.18. The molecule has 0 aromatic heterocycles. The van der Waals surface area contributed by atoms with Crippen LogP contribution >= 0.6 is 0 Å².